The van der Waals surface area contributed by atoms with E-state index in [-0.39, 0.29) is 10.8 Å². The maximum atomic E-state index is 6.42. The van der Waals surface area contributed by atoms with E-state index in [1.165, 1.54) is 21.2 Å². The highest BCUT2D eigenvalue weighted by Gasteiger charge is 2.21. The Hall–Kier alpha value is -2.00. The van der Waals surface area contributed by atoms with Crippen molar-refractivity contribution in [3.63, 3.8) is 0 Å². The third-order valence-electron chi connectivity index (χ3n) is 5.76. The van der Waals surface area contributed by atoms with Crippen molar-refractivity contribution < 1.29 is 0 Å². The molecule has 0 bridgehead atoms. The van der Waals surface area contributed by atoms with E-state index in [0.29, 0.717) is 10.0 Å². The molecule has 1 nitrogen and oxygen atoms in total. The van der Waals surface area contributed by atoms with E-state index in [1.54, 1.807) is 17.4 Å². The Balaban J connectivity index is 1.94. The number of rotatable bonds is 3. The molecule has 0 saturated carbocycles. The first kappa shape index (κ1) is 23.2. The molecule has 32 heavy (non-hydrogen) atoms. The number of nitrogens with zero attached hydrogens (tertiary/aromatic N) is 1. The Morgan fingerprint density at radius 3 is 1.78 bits per heavy atom. The predicted molar refractivity (Wildman–Crippen MR) is 144 cm³/mol. The van der Waals surface area contributed by atoms with Gasteiger partial charge in [-0.3, -0.25) is 0 Å². The molecule has 0 aliphatic carbocycles. The van der Waals surface area contributed by atoms with Crippen molar-refractivity contribution in [1.82, 2.24) is 0 Å². The molecule has 0 N–H and O–H groups in total. The second-order valence-corrected chi connectivity index (χ2v) is 12.1. The monoisotopic (exact) mass is 481 g/mol. The summed E-state index contributed by atoms with van der Waals surface area (Å²) in [7, 11) is 0. The molecule has 0 amide bonds. The summed E-state index contributed by atoms with van der Waals surface area (Å²) < 4.78 is 1.26. The summed E-state index contributed by atoms with van der Waals surface area (Å²) in [6, 6.07) is 21.3. The zero-order valence-electron chi connectivity index (χ0n) is 19.5. The van der Waals surface area contributed by atoms with Crippen molar-refractivity contribution in [3.05, 3.63) is 87.2 Å². The number of hydrogen-bond acceptors (Lipinski definition) is 2. The maximum Gasteiger partial charge on any atom is 0.0647 e. The largest absolute Gasteiger partial charge is 0.309 e. The van der Waals surface area contributed by atoms with Gasteiger partial charge in [-0.1, -0.05) is 82.9 Å². The lowest BCUT2D eigenvalue weighted by Crippen LogP contribution is -2.13. The fourth-order valence-corrected chi connectivity index (χ4v) is 5.28. The summed E-state index contributed by atoms with van der Waals surface area (Å²) in [4.78, 5) is 2.26. The molecule has 166 valence electrons. The van der Waals surface area contributed by atoms with Gasteiger partial charge >= 0.3 is 0 Å². The van der Waals surface area contributed by atoms with E-state index in [1.807, 2.05) is 12.1 Å². The second kappa shape index (κ2) is 8.41. The van der Waals surface area contributed by atoms with Gasteiger partial charge in [-0.2, -0.15) is 0 Å². The number of fused-ring (bicyclic) bond motifs is 1. The molecule has 1 heterocycles. The van der Waals surface area contributed by atoms with Crippen LogP contribution >= 0.6 is 34.5 Å². The molecule has 0 aliphatic heterocycles. The average molecular weight is 483 g/mol. The maximum absolute atomic E-state index is 6.42. The summed E-state index contributed by atoms with van der Waals surface area (Å²) in [5, 5.41) is 4.71. The summed E-state index contributed by atoms with van der Waals surface area (Å²) in [6.07, 6.45) is 0. The zero-order valence-corrected chi connectivity index (χ0v) is 21.8. The normalized spacial score (nSPS) is 12.4. The highest BCUT2D eigenvalue weighted by atomic mass is 35.5. The Kier molecular flexibility index (Phi) is 6.09. The Morgan fingerprint density at radius 1 is 0.656 bits per heavy atom. The van der Waals surface area contributed by atoms with Crippen LogP contribution in [0.1, 0.15) is 52.7 Å². The molecule has 4 rings (SSSR count). The zero-order chi connectivity index (χ0) is 23.3. The number of hydrogen-bond donors (Lipinski definition) is 0. The van der Waals surface area contributed by atoms with Crippen molar-refractivity contribution >= 4 is 61.7 Å². The molecular weight excluding hydrogens is 453 g/mol. The van der Waals surface area contributed by atoms with Crippen LogP contribution in [0.4, 0.5) is 17.1 Å². The lowest BCUT2D eigenvalue weighted by Gasteiger charge is -2.27. The van der Waals surface area contributed by atoms with Gasteiger partial charge in [0.1, 0.15) is 0 Å². The smallest absolute Gasteiger partial charge is 0.0647 e. The van der Waals surface area contributed by atoms with E-state index in [0.717, 1.165) is 17.1 Å². The first-order valence-electron chi connectivity index (χ1n) is 10.8. The quantitative estimate of drug-likeness (QED) is 0.281. The molecule has 4 heteroatoms. The van der Waals surface area contributed by atoms with Gasteiger partial charge in [0.15, 0.2) is 0 Å². The van der Waals surface area contributed by atoms with Gasteiger partial charge < -0.3 is 4.90 Å². The molecule has 0 unspecified atom stereocenters. The average Bonchev–Trinajstić information content (AvgIpc) is 3.10. The number of thiophene rings is 1. The molecule has 4 aromatic rings. The number of anilines is 3. The molecule has 3 aromatic carbocycles. The van der Waals surface area contributed by atoms with Crippen molar-refractivity contribution in [1.29, 1.82) is 0 Å². The third-order valence-corrected chi connectivity index (χ3v) is 7.14. The van der Waals surface area contributed by atoms with Gasteiger partial charge in [-0.15, -0.1) is 11.3 Å². The topological polar surface area (TPSA) is 3.24 Å². The van der Waals surface area contributed by atoms with Crippen LogP contribution in [0.3, 0.4) is 0 Å². The minimum Gasteiger partial charge on any atom is -0.309 e. The number of benzene rings is 3. The summed E-state index contributed by atoms with van der Waals surface area (Å²) >= 11 is 14.6. The van der Waals surface area contributed by atoms with E-state index >= 15 is 0 Å². The summed E-state index contributed by atoms with van der Waals surface area (Å²) in [6.45, 7) is 13.4. The summed E-state index contributed by atoms with van der Waals surface area (Å²) in [5.74, 6) is 0. The standard InChI is InChI=1S/C28H29Cl2NS/c1-27(2,3)18-7-10-22(11-8-18)31(23-15-20(29)14-21(30)16-23)25-17-32-26-12-9-19(13-24(25)26)28(4,5)6/h7-17H,1-6H3. The molecule has 0 fully saturated rings. The van der Waals surface area contributed by atoms with Crippen LogP contribution in [-0.4, -0.2) is 0 Å². The first-order valence-corrected chi connectivity index (χ1v) is 12.5. The Labute approximate surface area is 205 Å². The number of halogens is 2. The highest BCUT2D eigenvalue weighted by molar-refractivity contribution is 7.17. The molecule has 0 spiro atoms. The molecule has 0 atom stereocenters. The second-order valence-electron chi connectivity index (χ2n) is 10.3. The van der Waals surface area contributed by atoms with Crippen LogP contribution in [0.5, 0.6) is 0 Å². The molecule has 1 aromatic heterocycles. The van der Waals surface area contributed by atoms with Gasteiger partial charge in [0, 0.05) is 36.9 Å². The lowest BCUT2D eigenvalue weighted by atomic mass is 9.86. The first-order chi connectivity index (χ1) is 14.9. The predicted octanol–water partition coefficient (Wildman–Crippen LogP) is 10.3. The van der Waals surface area contributed by atoms with Crippen LogP contribution in [0.15, 0.2) is 66.0 Å². The Morgan fingerprint density at radius 2 is 1.22 bits per heavy atom. The van der Waals surface area contributed by atoms with Crippen molar-refractivity contribution in [3.8, 4) is 0 Å². The fourth-order valence-electron chi connectivity index (χ4n) is 3.86. The van der Waals surface area contributed by atoms with E-state index < -0.39 is 0 Å². The molecular formula is C28H29Cl2NS. The van der Waals surface area contributed by atoms with E-state index in [4.69, 9.17) is 23.2 Å². The van der Waals surface area contributed by atoms with Gasteiger partial charge in [-0.25, -0.2) is 0 Å². The molecule has 0 radical (unpaired) electrons. The minimum atomic E-state index is 0.0753. The Bertz CT molecular complexity index is 1240. The van der Waals surface area contributed by atoms with Crippen LogP contribution in [0.2, 0.25) is 10.0 Å². The highest BCUT2D eigenvalue weighted by Crippen LogP contribution is 2.44. The van der Waals surface area contributed by atoms with Crippen molar-refractivity contribution in [2.75, 3.05) is 4.90 Å². The van der Waals surface area contributed by atoms with Crippen molar-refractivity contribution in [2.24, 2.45) is 0 Å². The van der Waals surface area contributed by atoms with E-state index in [2.05, 4.69) is 94.3 Å². The van der Waals surface area contributed by atoms with E-state index in [9.17, 15) is 0 Å². The van der Waals surface area contributed by atoms with Crippen molar-refractivity contribution in [2.45, 2.75) is 52.4 Å². The lowest BCUT2D eigenvalue weighted by molar-refractivity contribution is 0.590. The van der Waals surface area contributed by atoms with Crippen LogP contribution in [-0.2, 0) is 10.8 Å². The van der Waals surface area contributed by atoms with Gasteiger partial charge in [0.05, 0.1) is 5.69 Å². The van der Waals surface area contributed by atoms with Gasteiger partial charge in [0.2, 0.25) is 0 Å². The van der Waals surface area contributed by atoms with Gasteiger partial charge in [0.25, 0.3) is 0 Å². The van der Waals surface area contributed by atoms with Gasteiger partial charge in [-0.05, 0) is 64.4 Å². The van der Waals surface area contributed by atoms with Crippen LogP contribution in [0, 0.1) is 0 Å². The minimum absolute atomic E-state index is 0.0753. The molecule has 0 aliphatic rings. The summed E-state index contributed by atoms with van der Waals surface area (Å²) in [5.41, 5.74) is 5.96. The SMILES string of the molecule is CC(C)(C)c1ccc(N(c2cc(Cl)cc(Cl)c2)c2csc3ccc(C(C)(C)C)cc23)cc1. The van der Waals surface area contributed by atoms with Crippen LogP contribution in [0.25, 0.3) is 10.1 Å². The third kappa shape index (κ3) is 4.69. The fraction of sp³-hybridized carbons (Fsp3) is 0.286. The van der Waals surface area contributed by atoms with Crippen LogP contribution < -0.4 is 4.90 Å². The molecule has 0 saturated heterocycles.